The van der Waals surface area contributed by atoms with Gasteiger partial charge in [-0.15, -0.1) is 0 Å². The number of hydrogen-bond donors (Lipinski definition) is 1. The first-order valence-corrected chi connectivity index (χ1v) is 5.34. The third-order valence-electron chi connectivity index (χ3n) is 1.56. The van der Waals surface area contributed by atoms with Crippen molar-refractivity contribution in [1.29, 1.82) is 0 Å². The van der Waals surface area contributed by atoms with Crippen LogP contribution in [0.1, 0.15) is 6.42 Å². The normalized spacial score (nSPS) is 12.1. The van der Waals surface area contributed by atoms with Crippen molar-refractivity contribution in [2.45, 2.75) is 12.5 Å². The van der Waals surface area contributed by atoms with E-state index in [0.717, 1.165) is 0 Å². The highest BCUT2D eigenvalue weighted by Gasteiger charge is 2.10. The van der Waals surface area contributed by atoms with Crippen molar-refractivity contribution in [3.8, 4) is 5.75 Å². The van der Waals surface area contributed by atoms with Crippen LogP contribution < -0.4 is 4.74 Å². The molecule has 1 N–H and O–H groups in total. The Morgan fingerprint density at radius 2 is 2.07 bits per heavy atom. The molecule has 0 saturated carbocycles. The monoisotopic (exact) mass is 258 g/mol. The lowest BCUT2D eigenvalue weighted by Gasteiger charge is -2.06. The van der Waals surface area contributed by atoms with Gasteiger partial charge in [-0.2, -0.15) is 0 Å². The van der Waals surface area contributed by atoms with Crippen molar-refractivity contribution in [2.75, 3.05) is 5.33 Å². The molecule has 1 aromatic carbocycles. The number of ether oxygens (including phenoxy) is 1. The summed E-state index contributed by atoms with van der Waals surface area (Å²) in [6, 6.07) is 8.79. The van der Waals surface area contributed by atoms with E-state index < -0.39 is 12.1 Å². The van der Waals surface area contributed by atoms with Crippen LogP contribution in [0.3, 0.4) is 0 Å². The van der Waals surface area contributed by atoms with Gasteiger partial charge in [-0.25, -0.2) is 0 Å². The van der Waals surface area contributed by atoms with Gasteiger partial charge in [0.15, 0.2) is 0 Å². The molecule has 1 atom stereocenters. The van der Waals surface area contributed by atoms with E-state index in [9.17, 15) is 4.79 Å². The Morgan fingerprint density at radius 1 is 1.43 bits per heavy atom. The van der Waals surface area contributed by atoms with Crippen LogP contribution in [0.5, 0.6) is 5.75 Å². The second-order valence-corrected chi connectivity index (χ2v) is 3.45. The van der Waals surface area contributed by atoms with Crippen molar-refractivity contribution in [1.82, 2.24) is 0 Å². The molecule has 0 aliphatic heterocycles. The number of halogens is 1. The van der Waals surface area contributed by atoms with Crippen molar-refractivity contribution in [3.05, 3.63) is 30.3 Å². The molecule has 1 aromatic rings. The van der Waals surface area contributed by atoms with Crippen LogP contribution in [-0.4, -0.2) is 22.5 Å². The van der Waals surface area contributed by atoms with E-state index in [4.69, 9.17) is 9.84 Å². The minimum absolute atomic E-state index is 0.000143. The molecule has 3 nitrogen and oxygen atoms in total. The summed E-state index contributed by atoms with van der Waals surface area (Å²) in [5.74, 6) is 0.0717. The first-order chi connectivity index (χ1) is 6.72. The molecular formula is C10H11BrO3. The van der Waals surface area contributed by atoms with Gasteiger partial charge in [-0.05, 0) is 12.1 Å². The summed E-state index contributed by atoms with van der Waals surface area (Å²) in [6.45, 7) is 0. The van der Waals surface area contributed by atoms with Crippen LogP contribution in [0.2, 0.25) is 0 Å². The lowest BCUT2D eigenvalue weighted by molar-refractivity contribution is -0.136. The minimum atomic E-state index is -0.689. The highest BCUT2D eigenvalue weighted by atomic mass is 79.9. The number of benzene rings is 1. The van der Waals surface area contributed by atoms with Crippen molar-refractivity contribution < 1.29 is 14.6 Å². The quantitative estimate of drug-likeness (QED) is 0.509. The summed E-state index contributed by atoms with van der Waals surface area (Å²) >= 11 is 3.07. The van der Waals surface area contributed by atoms with Crippen molar-refractivity contribution >= 4 is 21.9 Å². The third kappa shape index (κ3) is 3.89. The molecule has 0 aliphatic rings. The zero-order valence-electron chi connectivity index (χ0n) is 7.52. The average Bonchev–Trinajstić information content (AvgIpc) is 2.19. The van der Waals surface area contributed by atoms with E-state index in [1.54, 1.807) is 24.3 Å². The number of esters is 1. The topological polar surface area (TPSA) is 46.5 Å². The maximum absolute atomic E-state index is 11.2. The number of para-hydroxylation sites is 1. The smallest absolute Gasteiger partial charge is 0.313 e. The van der Waals surface area contributed by atoms with E-state index >= 15 is 0 Å². The number of hydrogen-bond acceptors (Lipinski definition) is 3. The molecule has 0 aliphatic carbocycles. The Labute approximate surface area is 90.8 Å². The Hall–Kier alpha value is -0.870. The molecule has 0 radical (unpaired) electrons. The molecule has 0 aromatic heterocycles. The van der Waals surface area contributed by atoms with Gasteiger partial charge in [0.2, 0.25) is 0 Å². The largest absolute Gasteiger partial charge is 0.426 e. The fourth-order valence-corrected chi connectivity index (χ4v) is 1.14. The standard InChI is InChI=1S/C10H11BrO3/c11-7-8(12)6-10(13)14-9-4-2-1-3-5-9/h1-5,8,12H,6-7H2. The van der Waals surface area contributed by atoms with Gasteiger partial charge >= 0.3 is 5.97 Å². The SMILES string of the molecule is O=C(CC(O)CBr)Oc1ccccc1. The van der Waals surface area contributed by atoms with Gasteiger partial charge in [0, 0.05) is 5.33 Å². The number of carbonyl (C=O) groups excluding carboxylic acids is 1. The second-order valence-electron chi connectivity index (χ2n) is 2.80. The molecule has 0 bridgehead atoms. The van der Waals surface area contributed by atoms with Crippen LogP contribution in [0.4, 0.5) is 0 Å². The molecule has 14 heavy (non-hydrogen) atoms. The predicted molar refractivity (Wildman–Crippen MR) is 56.5 cm³/mol. The van der Waals surface area contributed by atoms with Crippen LogP contribution in [0.15, 0.2) is 30.3 Å². The average molecular weight is 259 g/mol. The molecule has 0 spiro atoms. The fourth-order valence-electron chi connectivity index (χ4n) is 0.909. The number of alkyl halides is 1. The van der Waals surface area contributed by atoms with Gasteiger partial charge < -0.3 is 9.84 Å². The molecule has 0 fully saturated rings. The van der Waals surface area contributed by atoms with Gasteiger partial charge in [-0.1, -0.05) is 34.1 Å². The third-order valence-corrected chi connectivity index (χ3v) is 2.30. The van der Waals surface area contributed by atoms with Gasteiger partial charge in [0.25, 0.3) is 0 Å². The first kappa shape index (κ1) is 11.2. The van der Waals surface area contributed by atoms with Gasteiger partial charge in [0.05, 0.1) is 12.5 Å². The van der Waals surface area contributed by atoms with Crippen LogP contribution in [0, 0.1) is 0 Å². The van der Waals surface area contributed by atoms with Crippen LogP contribution >= 0.6 is 15.9 Å². The molecule has 0 amide bonds. The summed E-state index contributed by atoms with van der Waals surface area (Å²) in [6.07, 6.45) is -0.689. The van der Waals surface area contributed by atoms with E-state index in [0.29, 0.717) is 11.1 Å². The maximum atomic E-state index is 11.2. The lowest BCUT2D eigenvalue weighted by Crippen LogP contribution is -2.18. The van der Waals surface area contributed by atoms with E-state index in [-0.39, 0.29) is 6.42 Å². The molecule has 1 unspecified atom stereocenters. The van der Waals surface area contributed by atoms with Gasteiger partial charge in [0.1, 0.15) is 5.75 Å². The Bertz CT molecular complexity index is 287. The van der Waals surface area contributed by atoms with Crippen molar-refractivity contribution in [2.24, 2.45) is 0 Å². The highest BCUT2D eigenvalue weighted by molar-refractivity contribution is 9.09. The molecule has 76 valence electrons. The number of aliphatic hydroxyl groups is 1. The van der Waals surface area contributed by atoms with Gasteiger partial charge in [-0.3, -0.25) is 4.79 Å². The highest BCUT2D eigenvalue weighted by Crippen LogP contribution is 2.10. The Balaban J connectivity index is 2.42. The summed E-state index contributed by atoms with van der Waals surface area (Å²) in [5.41, 5.74) is 0. The second kappa shape index (κ2) is 5.78. The predicted octanol–water partition coefficient (Wildman–Crippen LogP) is 1.74. The van der Waals surface area contributed by atoms with Crippen molar-refractivity contribution in [3.63, 3.8) is 0 Å². The van der Waals surface area contributed by atoms with Crippen LogP contribution in [0.25, 0.3) is 0 Å². The molecule has 1 rings (SSSR count). The van der Waals surface area contributed by atoms with E-state index in [1.807, 2.05) is 6.07 Å². The first-order valence-electron chi connectivity index (χ1n) is 4.22. The Morgan fingerprint density at radius 3 is 2.64 bits per heavy atom. The zero-order chi connectivity index (χ0) is 10.4. The molecule has 0 saturated heterocycles. The number of rotatable bonds is 4. The zero-order valence-corrected chi connectivity index (χ0v) is 9.11. The maximum Gasteiger partial charge on any atom is 0.313 e. The number of carbonyl (C=O) groups is 1. The lowest BCUT2D eigenvalue weighted by atomic mass is 10.3. The van der Waals surface area contributed by atoms with E-state index in [2.05, 4.69) is 15.9 Å². The summed E-state index contributed by atoms with van der Waals surface area (Å²) in [7, 11) is 0. The molecular weight excluding hydrogens is 248 g/mol. The van der Waals surface area contributed by atoms with Crippen LogP contribution in [-0.2, 0) is 4.79 Å². The summed E-state index contributed by atoms with van der Waals surface area (Å²) in [5, 5.41) is 9.53. The van der Waals surface area contributed by atoms with E-state index in [1.165, 1.54) is 0 Å². The fraction of sp³-hybridized carbons (Fsp3) is 0.300. The summed E-state index contributed by atoms with van der Waals surface area (Å²) in [4.78, 5) is 11.2. The Kier molecular flexibility index (Phi) is 4.62. The molecule has 0 heterocycles. The number of aliphatic hydroxyl groups excluding tert-OH is 1. The minimum Gasteiger partial charge on any atom is -0.426 e. The summed E-state index contributed by atoms with van der Waals surface area (Å²) < 4.78 is 4.97. The molecule has 4 heteroatoms.